The van der Waals surface area contributed by atoms with Crippen LogP contribution < -0.4 is 0 Å². The first-order valence-electron chi connectivity index (χ1n) is 7.13. The number of esters is 1. The van der Waals surface area contributed by atoms with Crippen LogP contribution in [-0.4, -0.2) is 36.4 Å². The minimum absolute atomic E-state index is 0.135. The van der Waals surface area contributed by atoms with E-state index in [1.165, 1.54) is 19.3 Å². The number of pyridine rings is 2. The molecule has 0 saturated heterocycles. The van der Waals surface area contributed by atoms with E-state index >= 15 is 0 Å². The maximum atomic E-state index is 12.3. The number of rotatable bonds is 5. The Morgan fingerprint density at radius 1 is 1.00 bits per heavy atom. The van der Waals surface area contributed by atoms with Gasteiger partial charge in [-0.25, -0.2) is 4.79 Å². The monoisotopic (exact) mass is 334 g/mol. The molecule has 0 radical (unpaired) electrons. The summed E-state index contributed by atoms with van der Waals surface area (Å²) >= 11 is 0. The first-order valence-corrected chi connectivity index (χ1v) is 7.13. The number of hydrogen-bond donors (Lipinski definition) is 4. The fourth-order valence-corrected chi connectivity index (χ4v) is 2.18. The van der Waals surface area contributed by atoms with Gasteiger partial charge in [-0.05, 0) is 13.8 Å². The number of aromatic nitrogens is 2. The summed E-state index contributed by atoms with van der Waals surface area (Å²) in [5, 5.41) is 38.5. The lowest BCUT2D eigenvalue weighted by Gasteiger charge is -2.13. The maximum Gasteiger partial charge on any atom is 0.342 e. The number of hydrogen-bond acceptors (Lipinski definition) is 8. The van der Waals surface area contributed by atoms with Crippen LogP contribution in [-0.2, 0) is 24.6 Å². The quantitative estimate of drug-likeness (QED) is 0.591. The first kappa shape index (κ1) is 17.6. The van der Waals surface area contributed by atoms with Crippen LogP contribution in [0.5, 0.6) is 11.5 Å². The zero-order chi connectivity index (χ0) is 17.9. The predicted octanol–water partition coefficient (Wildman–Crippen LogP) is 0.846. The van der Waals surface area contributed by atoms with Crippen LogP contribution in [0.25, 0.3) is 0 Å². The molecular weight excluding hydrogens is 316 g/mol. The van der Waals surface area contributed by atoms with E-state index in [1.54, 1.807) is 6.92 Å². The summed E-state index contributed by atoms with van der Waals surface area (Å²) in [5.74, 6) is -1.38. The molecule has 0 spiro atoms. The Labute approximate surface area is 138 Å². The molecule has 4 N–H and O–H groups in total. The van der Waals surface area contributed by atoms with E-state index in [0.717, 1.165) is 0 Å². The molecule has 0 aliphatic heterocycles. The summed E-state index contributed by atoms with van der Waals surface area (Å²) in [6, 6.07) is 0. The third-order valence-corrected chi connectivity index (χ3v) is 3.64. The van der Waals surface area contributed by atoms with Gasteiger partial charge in [0, 0.05) is 29.1 Å². The highest BCUT2D eigenvalue weighted by Crippen LogP contribution is 2.27. The van der Waals surface area contributed by atoms with Crippen LogP contribution in [0.3, 0.4) is 0 Å². The Bertz CT molecular complexity index is 776. The lowest BCUT2D eigenvalue weighted by atomic mass is 10.1. The van der Waals surface area contributed by atoms with E-state index in [1.807, 2.05) is 0 Å². The van der Waals surface area contributed by atoms with Crippen LogP contribution in [0.15, 0.2) is 12.4 Å². The molecular formula is C16H18N2O6. The minimum Gasteiger partial charge on any atom is -0.506 e. The Morgan fingerprint density at radius 3 is 2.17 bits per heavy atom. The predicted molar refractivity (Wildman–Crippen MR) is 82.2 cm³/mol. The van der Waals surface area contributed by atoms with E-state index in [-0.39, 0.29) is 40.5 Å². The highest BCUT2D eigenvalue weighted by Gasteiger charge is 2.21. The molecule has 2 aromatic heterocycles. The maximum absolute atomic E-state index is 12.3. The van der Waals surface area contributed by atoms with Gasteiger partial charge in [0.05, 0.1) is 24.6 Å². The average molecular weight is 334 g/mol. The van der Waals surface area contributed by atoms with Gasteiger partial charge in [-0.1, -0.05) is 0 Å². The van der Waals surface area contributed by atoms with Crippen LogP contribution in [0, 0.1) is 13.8 Å². The lowest BCUT2D eigenvalue weighted by molar-refractivity contribution is 0.0461. The number of aromatic hydroxyl groups is 2. The number of aryl methyl sites for hydroxylation is 2. The van der Waals surface area contributed by atoms with Gasteiger partial charge in [-0.3, -0.25) is 9.97 Å². The Kier molecular flexibility index (Phi) is 5.32. The fraction of sp³-hybridized carbons (Fsp3) is 0.312. The number of aliphatic hydroxyl groups is 2. The van der Waals surface area contributed by atoms with Crippen molar-refractivity contribution in [2.75, 3.05) is 0 Å². The molecule has 24 heavy (non-hydrogen) atoms. The van der Waals surface area contributed by atoms with Gasteiger partial charge in [0.2, 0.25) is 0 Å². The first-order chi connectivity index (χ1) is 11.4. The molecule has 0 saturated carbocycles. The van der Waals surface area contributed by atoms with Gasteiger partial charge in [0.25, 0.3) is 0 Å². The summed E-state index contributed by atoms with van der Waals surface area (Å²) < 4.78 is 5.13. The Hall–Kier alpha value is -2.71. The standard InChI is InChI=1S/C16H18N2O6/c1-8-14(21)12(6-20)11(4-18-8)7-24-16(23)13-10(5-19)3-17-9(2)15(13)22/h3-4,19-22H,5-7H2,1-2H3. The second-order valence-corrected chi connectivity index (χ2v) is 5.18. The third kappa shape index (κ3) is 3.29. The van der Waals surface area contributed by atoms with Gasteiger partial charge < -0.3 is 25.2 Å². The summed E-state index contributed by atoms with van der Waals surface area (Å²) in [5.41, 5.74) is 1.09. The highest BCUT2D eigenvalue weighted by atomic mass is 16.5. The third-order valence-electron chi connectivity index (χ3n) is 3.64. The Morgan fingerprint density at radius 2 is 1.58 bits per heavy atom. The SMILES string of the molecule is Cc1ncc(COC(=O)c2c(CO)cnc(C)c2O)c(CO)c1O. The zero-order valence-corrected chi connectivity index (χ0v) is 13.3. The molecule has 128 valence electrons. The van der Waals surface area contributed by atoms with Crippen molar-refractivity contribution in [3.63, 3.8) is 0 Å². The van der Waals surface area contributed by atoms with Crippen molar-refractivity contribution < 1.29 is 30.0 Å². The van der Waals surface area contributed by atoms with Gasteiger partial charge in [0.1, 0.15) is 17.9 Å². The summed E-state index contributed by atoms with van der Waals surface area (Å²) in [4.78, 5) is 20.1. The molecule has 0 amide bonds. The van der Waals surface area contributed by atoms with E-state index in [4.69, 9.17) is 4.74 Å². The number of carbonyl (C=O) groups is 1. The molecule has 0 fully saturated rings. The van der Waals surface area contributed by atoms with Gasteiger partial charge in [-0.2, -0.15) is 0 Å². The second kappa shape index (κ2) is 7.24. The molecule has 0 aliphatic rings. The van der Waals surface area contributed by atoms with Crippen LogP contribution in [0.4, 0.5) is 0 Å². The highest BCUT2D eigenvalue weighted by molar-refractivity contribution is 5.94. The number of aliphatic hydroxyl groups excluding tert-OH is 2. The zero-order valence-electron chi connectivity index (χ0n) is 13.3. The largest absolute Gasteiger partial charge is 0.506 e. The molecule has 0 unspecified atom stereocenters. The Balaban J connectivity index is 2.27. The topological polar surface area (TPSA) is 133 Å². The fourth-order valence-electron chi connectivity index (χ4n) is 2.18. The van der Waals surface area contributed by atoms with Crippen molar-refractivity contribution in [3.8, 4) is 11.5 Å². The van der Waals surface area contributed by atoms with Crippen molar-refractivity contribution >= 4 is 5.97 Å². The van der Waals surface area contributed by atoms with E-state index < -0.39 is 19.2 Å². The minimum atomic E-state index is -0.856. The number of ether oxygens (including phenoxy) is 1. The summed E-state index contributed by atoms with van der Waals surface area (Å²) in [6.45, 7) is 1.90. The van der Waals surface area contributed by atoms with Crippen molar-refractivity contribution in [3.05, 3.63) is 46.0 Å². The molecule has 0 aromatic carbocycles. The van der Waals surface area contributed by atoms with E-state index in [9.17, 15) is 25.2 Å². The van der Waals surface area contributed by atoms with Gasteiger partial charge in [0.15, 0.2) is 5.75 Å². The van der Waals surface area contributed by atoms with E-state index in [0.29, 0.717) is 11.3 Å². The van der Waals surface area contributed by atoms with Crippen LogP contribution >= 0.6 is 0 Å². The van der Waals surface area contributed by atoms with Crippen molar-refractivity contribution in [1.82, 2.24) is 9.97 Å². The van der Waals surface area contributed by atoms with Crippen molar-refractivity contribution in [2.45, 2.75) is 33.7 Å². The van der Waals surface area contributed by atoms with Crippen molar-refractivity contribution in [1.29, 1.82) is 0 Å². The van der Waals surface area contributed by atoms with Gasteiger partial charge >= 0.3 is 5.97 Å². The van der Waals surface area contributed by atoms with Gasteiger partial charge in [-0.15, -0.1) is 0 Å². The smallest absolute Gasteiger partial charge is 0.342 e. The molecule has 2 aromatic rings. The van der Waals surface area contributed by atoms with Crippen LogP contribution in [0.1, 0.15) is 38.4 Å². The normalized spacial score (nSPS) is 10.7. The lowest BCUT2D eigenvalue weighted by Crippen LogP contribution is -2.11. The summed E-state index contributed by atoms with van der Waals surface area (Å²) in [6.07, 6.45) is 2.67. The molecule has 8 heteroatoms. The number of carbonyl (C=O) groups excluding carboxylic acids is 1. The molecule has 0 atom stereocenters. The number of nitrogens with zero attached hydrogens (tertiary/aromatic N) is 2. The summed E-state index contributed by atoms with van der Waals surface area (Å²) in [7, 11) is 0. The van der Waals surface area contributed by atoms with E-state index in [2.05, 4.69) is 9.97 Å². The van der Waals surface area contributed by atoms with Crippen LogP contribution in [0.2, 0.25) is 0 Å². The average Bonchev–Trinajstić information content (AvgIpc) is 2.57. The molecule has 0 aliphatic carbocycles. The molecule has 0 bridgehead atoms. The molecule has 8 nitrogen and oxygen atoms in total. The van der Waals surface area contributed by atoms with Crippen molar-refractivity contribution in [2.24, 2.45) is 0 Å². The molecule has 2 rings (SSSR count). The molecule has 2 heterocycles. The second-order valence-electron chi connectivity index (χ2n) is 5.18.